The van der Waals surface area contributed by atoms with Gasteiger partial charge >= 0.3 is 0 Å². The van der Waals surface area contributed by atoms with Crippen molar-refractivity contribution >= 4 is 10.9 Å². The van der Waals surface area contributed by atoms with E-state index >= 15 is 0 Å². The minimum absolute atomic E-state index is 0.713. The molecule has 104 valence electrons. The van der Waals surface area contributed by atoms with Crippen molar-refractivity contribution < 1.29 is 4.74 Å². The minimum atomic E-state index is 0.713. The summed E-state index contributed by atoms with van der Waals surface area (Å²) in [5, 5.41) is 1.26. The molecule has 1 aromatic carbocycles. The summed E-state index contributed by atoms with van der Waals surface area (Å²) in [6, 6.07) is 8.58. The molecule has 0 fully saturated rings. The molecule has 0 aliphatic rings. The summed E-state index contributed by atoms with van der Waals surface area (Å²) in [5.41, 5.74) is 2.61. The fourth-order valence-corrected chi connectivity index (χ4v) is 2.53. The molecule has 0 amide bonds. The summed E-state index contributed by atoms with van der Waals surface area (Å²) in [6.45, 7) is 7.06. The Hall–Kier alpha value is -1.48. The normalized spacial score (nSPS) is 11.4. The molecule has 0 unspecified atom stereocenters. The Morgan fingerprint density at radius 1 is 1.21 bits per heavy atom. The Morgan fingerprint density at radius 2 is 2.00 bits per heavy atom. The van der Waals surface area contributed by atoms with Gasteiger partial charge in [0.15, 0.2) is 0 Å². The second-order valence-corrected chi connectivity index (χ2v) is 5.09. The molecule has 0 saturated carbocycles. The van der Waals surface area contributed by atoms with E-state index in [2.05, 4.69) is 48.7 Å². The molecule has 1 aromatic heterocycles. The van der Waals surface area contributed by atoms with Crippen LogP contribution in [0.15, 0.2) is 24.3 Å². The maximum atomic E-state index is 5.56. The number of aryl methyl sites for hydroxylation is 1. The lowest BCUT2D eigenvalue weighted by atomic mass is 10.2. The van der Waals surface area contributed by atoms with Gasteiger partial charge in [-0.05, 0) is 51.2 Å². The lowest BCUT2D eigenvalue weighted by Crippen LogP contribution is -2.19. The quantitative estimate of drug-likeness (QED) is 0.792. The van der Waals surface area contributed by atoms with Crippen LogP contribution in [0, 0.1) is 0 Å². The zero-order valence-corrected chi connectivity index (χ0v) is 12.4. The maximum absolute atomic E-state index is 5.56. The first kappa shape index (κ1) is 13.9. The molecule has 1 heterocycles. The van der Waals surface area contributed by atoms with Gasteiger partial charge in [-0.2, -0.15) is 0 Å². The Bertz CT molecular complexity index is 545. The summed E-state index contributed by atoms with van der Waals surface area (Å²) in [5.74, 6) is 0.953. The fourth-order valence-electron chi connectivity index (χ4n) is 2.53. The van der Waals surface area contributed by atoms with E-state index in [9.17, 15) is 0 Å². The van der Waals surface area contributed by atoms with E-state index in [0.29, 0.717) is 6.61 Å². The molecule has 0 aliphatic heterocycles. The number of fused-ring (bicyclic) bond motifs is 1. The first-order valence-corrected chi connectivity index (χ1v) is 7.05. The maximum Gasteiger partial charge on any atom is 0.120 e. The zero-order chi connectivity index (χ0) is 13.8. The number of aromatic nitrogens is 1. The van der Waals surface area contributed by atoms with E-state index in [1.807, 2.05) is 13.0 Å². The minimum Gasteiger partial charge on any atom is -0.494 e. The molecule has 0 saturated heterocycles. The summed E-state index contributed by atoms with van der Waals surface area (Å²) < 4.78 is 7.84. The van der Waals surface area contributed by atoms with Gasteiger partial charge in [-0.15, -0.1) is 0 Å². The van der Waals surface area contributed by atoms with E-state index in [1.54, 1.807) is 0 Å². The highest BCUT2D eigenvalue weighted by atomic mass is 16.5. The second-order valence-electron chi connectivity index (χ2n) is 5.09. The fraction of sp³-hybridized carbons (Fsp3) is 0.500. The van der Waals surface area contributed by atoms with Crippen LogP contribution < -0.4 is 4.74 Å². The highest BCUT2D eigenvalue weighted by Gasteiger charge is 2.08. The highest BCUT2D eigenvalue weighted by molar-refractivity contribution is 5.82. The number of hydrogen-bond acceptors (Lipinski definition) is 2. The van der Waals surface area contributed by atoms with Crippen molar-refractivity contribution in [3.63, 3.8) is 0 Å². The standard InChI is InChI=1S/C16H24N2O/c1-5-9-17(3)12-14-10-13-11-15(19-6-2)7-8-16(13)18(14)4/h7-8,10-11H,5-6,9,12H2,1-4H3. The van der Waals surface area contributed by atoms with Gasteiger partial charge in [0.25, 0.3) is 0 Å². The summed E-state index contributed by atoms with van der Waals surface area (Å²) in [7, 11) is 4.31. The molecule has 0 radical (unpaired) electrons. The zero-order valence-electron chi connectivity index (χ0n) is 12.4. The van der Waals surface area contributed by atoms with Gasteiger partial charge in [0, 0.05) is 30.2 Å². The number of hydrogen-bond donors (Lipinski definition) is 0. The van der Waals surface area contributed by atoms with Gasteiger partial charge in [0.2, 0.25) is 0 Å². The third kappa shape index (κ3) is 3.10. The lowest BCUT2D eigenvalue weighted by molar-refractivity contribution is 0.320. The van der Waals surface area contributed by atoms with Crippen molar-refractivity contribution in [3.8, 4) is 5.75 Å². The number of rotatable bonds is 6. The molecular weight excluding hydrogens is 236 g/mol. The largest absolute Gasteiger partial charge is 0.494 e. The van der Waals surface area contributed by atoms with Gasteiger partial charge in [-0.3, -0.25) is 0 Å². The molecular formula is C16H24N2O. The third-order valence-electron chi connectivity index (χ3n) is 3.46. The van der Waals surface area contributed by atoms with Crippen molar-refractivity contribution in [2.45, 2.75) is 26.8 Å². The molecule has 2 aromatic rings. The van der Waals surface area contributed by atoms with Gasteiger partial charge in [-0.25, -0.2) is 0 Å². The van der Waals surface area contributed by atoms with Crippen LogP contribution >= 0.6 is 0 Å². The second kappa shape index (κ2) is 6.11. The Kier molecular flexibility index (Phi) is 4.48. The van der Waals surface area contributed by atoms with Gasteiger partial charge in [0.05, 0.1) is 6.61 Å². The molecule has 2 rings (SSSR count). The van der Waals surface area contributed by atoms with Gasteiger partial charge in [-0.1, -0.05) is 6.92 Å². The molecule has 0 N–H and O–H groups in total. The first-order chi connectivity index (χ1) is 9.15. The predicted molar refractivity (Wildman–Crippen MR) is 80.7 cm³/mol. The van der Waals surface area contributed by atoms with E-state index in [4.69, 9.17) is 4.74 Å². The van der Waals surface area contributed by atoms with Crippen molar-refractivity contribution in [1.29, 1.82) is 0 Å². The van der Waals surface area contributed by atoms with E-state index in [0.717, 1.165) is 18.8 Å². The van der Waals surface area contributed by atoms with Crippen LogP contribution in [0.4, 0.5) is 0 Å². The topological polar surface area (TPSA) is 17.4 Å². The number of ether oxygens (including phenoxy) is 1. The van der Waals surface area contributed by atoms with Crippen LogP contribution in [0.1, 0.15) is 26.0 Å². The average molecular weight is 260 g/mol. The van der Waals surface area contributed by atoms with Crippen LogP contribution in [-0.2, 0) is 13.6 Å². The van der Waals surface area contributed by atoms with Crippen molar-refractivity contribution in [3.05, 3.63) is 30.0 Å². The molecule has 3 heteroatoms. The Morgan fingerprint density at radius 3 is 2.68 bits per heavy atom. The molecule has 19 heavy (non-hydrogen) atoms. The molecule has 0 spiro atoms. The van der Waals surface area contributed by atoms with Gasteiger partial charge in [0.1, 0.15) is 5.75 Å². The lowest BCUT2D eigenvalue weighted by Gasteiger charge is -2.15. The van der Waals surface area contributed by atoms with Crippen molar-refractivity contribution in [2.24, 2.45) is 7.05 Å². The first-order valence-electron chi connectivity index (χ1n) is 7.05. The van der Waals surface area contributed by atoms with E-state index < -0.39 is 0 Å². The van der Waals surface area contributed by atoms with Crippen molar-refractivity contribution in [1.82, 2.24) is 9.47 Å². The van der Waals surface area contributed by atoms with Crippen LogP contribution in [-0.4, -0.2) is 29.7 Å². The Labute approximate surface area is 115 Å². The van der Waals surface area contributed by atoms with E-state index in [-0.39, 0.29) is 0 Å². The predicted octanol–water partition coefficient (Wildman–Crippen LogP) is 3.42. The van der Waals surface area contributed by atoms with E-state index in [1.165, 1.54) is 23.0 Å². The van der Waals surface area contributed by atoms with Crippen LogP contribution in [0.2, 0.25) is 0 Å². The summed E-state index contributed by atoms with van der Waals surface area (Å²) in [4.78, 5) is 2.36. The summed E-state index contributed by atoms with van der Waals surface area (Å²) in [6.07, 6.45) is 1.19. The van der Waals surface area contributed by atoms with Crippen LogP contribution in [0.3, 0.4) is 0 Å². The van der Waals surface area contributed by atoms with Crippen molar-refractivity contribution in [2.75, 3.05) is 20.2 Å². The molecule has 0 atom stereocenters. The third-order valence-corrected chi connectivity index (χ3v) is 3.46. The molecule has 0 aliphatic carbocycles. The van der Waals surface area contributed by atoms with Gasteiger partial charge < -0.3 is 14.2 Å². The molecule has 0 bridgehead atoms. The monoisotopic (exact) mass is 260 g/mol. The van der Waals surface area contributed by atoms with Crippen LogP contribution in [0.5, 0.6) is 5.75 Å². The number of nitrogens with zero attached hydrogens (tertiary/aromatic N) is 2. The SMILES string of the molecule is CCCN(C)Cc1cc2cc(OCC)ccc2n1C. The average Bonchev–Trinajstić information content (AvgIpc) is 2.67. The smallest absolute Gasteiger partial charge is 0.120 e. The van der Waals surface area contributed by atoms with Crippen LogP contribution in [0.25, 0.3) is 10.9 Å². The molecule has 3 nitrogen and oxygen atoms in total. The highest BCUT2D eigenvalue weighted by Crippen LogP contribution is 2.24. The Balaban J connectivity index is 2.28. The number of benzene rings is 1. The summed E-state index contributed by atoms with van der Waals surface area (Å²) >= 11 is 0.